The minimum atomic E-state index is 0.586. The summed E-state index contributed by atoms with van der Waals surface area (Å²) in [5.41, 5.74) is 2.42. The maximum atomic E-state index is 2.46. The first-order valence-electron chi connectivity index (χ1n) is 10.7. The van der Waals surface area contributed by atoms with Crippen molar-refractivity contribution in [2.75, 3.05) is 0 Å². The molecular weight excluding hydrogens is 288 g/mol. The molecular formula is C24H48. The third-order valence-corrected chi connectivity index (χ3v) is 7.00. The molecule has 0 bridgehead atoms. The maximum absolute atomic E-state index is 2.46. The Morgan fingerprint density at radius 1 is 0.583 bits per heavy atom. The molecule has 0 radical (unpaired) electrons. The predicted octanol–water partition coefficient (Wildman–Crippen LogP) is 8.50. The zero-order chi connectivity index (χ0) is 18.8. The third kappa shape index (κ3) is 6.72. The van der Waals surface area contributed by atoms with Crippen molar-refractivity contribution in [2.24, 2.45) is 33.5 Å². The first kappa shape index (κ1) is 22.0. The van der Waals surface area contributed by atoms with Crippen LogP contribution < -0.4 is 0 Å². The highest BCUT2D eigenvalue weighted by Gasteiger charge is 2.39. The predicted molar refractivity (Wildman–Crippen MR) is 110 cm³/mol. The molecule has 24 heavy (non-hydrogen) atoms. The summed E-state index contributed by atoms with van der Waals surface area (Å²) in [5, 5.41) is 0. The summed E-state index contributed by atoms with van der Waals surface area (Å²) in [6, 6.07) is 0. The standard InChI is InChI=1S/2C12H24/c2*1-6-12(5)8-10(2)7-11(3,4)9-12/h2*10H,6-9H2,1-5H3. The molecule has 0 aromatic rings. The molecule has 0 heterocycles. The van der Waals surface area contributed by atoms with E-state index in [-0.39, 0.29) is 0 Å². The van der Waals surface area contributed by atoms with Crippen LogP contribution in [0.3, 0.4) is 0 Å². The molecule has 2 aliphatic rings. The molecule has 2 saturated carbocycles. The van der Waals surface area contributed by atoms with Gasteiger partial charge in [-0.2, -0.15) is 0 Å². The summed E-state index contributed by atoms with van der Waals surface area (Å²) in [4.78, 5) is 0. The molecule has 0 spiro atoms. The number of hydrogen-bond acceptors (Lipinski definition) is 0. The molecule has 0 aliphatic heterocycles. The van der Waals surface area contributed by atoms with Crippen LogP contribution in [-0.2, 0) is 0 Å². The second-order valence-corrected chi connectivity index (χ2v) is 12.0. The van der Waals surface area contributed by atoms with Crippen molar-refractivity contribution >= 4 is 0 Å². The van der Waals surface area contributed by atoms with Gasteiger partial charge in [0.2, 0.25) is 0 Å². The highest BCUT2D eigenvalue weighted by molar-refractivity contribution is 4.90. The van der Waals surface area contributed by atoms with Crippen LogP contribution in [-0.4, -0.2) is 0 Å². The summed E-state index contributed by atoms with van der Waals surface area (Å²) in [7, 11) is 0. The van der Waals surface area contributed by atoms with E-state index in [1.807, 2.05) is 0 Å². The fourth-order valence-electron chi connectivity index (χ4n) is 6.85. The van der Waals surface area contributed by atoms with Crippen molar-refractivity contribution in [1.82, 2.24) is 0 Å². The van der Waals surface area contributed by atoms with E-state index in [1.54, 1.807) is 0 Å². The zero-order valence-electron chi connectivity index (χ0n) is 18.8. The van der Waals surface area contributed by atoms with E-state index >= 15 is 0 Å². The van der Waals surface area contributed by atoms with Gasteiger partial charge in [0.05, 0.1) is 0 Å². The Labute approximate surface area is 154 Å². The summed E-state index contributed by atoms with van der Waals surface area (Å²) >= 11 is 0. The average molecular weight is 337 g/mol. The molecule has 4 atom stereocenters. The zero-order valence-corrected chi connectivity index (χ0v) is 18.8. The van der Waals surface area contributed by atoms with Crippen molar-refractivity contribution in [3.63, 3.8) is 0 Å². The van der Waals surface area contributed by atoms with E-state index in [2.05, 4.69) is 69.2 Å². The Kier molecular flexibility index (Phi) is 7.08. The monoisotopic (exact) mass is 336 g/mol. The Morgan fingerprint density at radius 3 is 1.08 bits per heavy atom. The van der Waals surface area contributed by atoms with Gasteiger partial charge in [-0.25, -0.2) is 0 Å². The Hall–Kier alpha value is 0. The van der Waals surface area contributed by atoms with Gasteiger partial charge in [-0.3, -0.25) is 0 Å². The molecule has 4 unspecified atom stereocenters. The SMILES string of the molecule is CCC1(C)CC(C)CC(C)(C)C1.CCC1(C)CC(C)CC(C)(C)C1. The van der Waals surface area contributed by atoms with Gasteiger partial charge in [0.25, 0.3) is 0 Å². The van der Waals surface area contributed by atoms with Crippen molar-refractivity contribution in [3.05, 3.63) is 0 Å². The minimum absolute atomic E-state index is 0.586. The van der Waals surface area contributed by atoms with E-state index in [1.165, 1.54) is 51.4 Å². The molecule has 2 aliphatic carbocycles. The van der Waals surface area contributed by atoms with Crippen LogP contribution in [0.15, 0.2) is 0 Å². The maximum Gasteiger partial charge on any atom is -0.0321 e. The minimum Gasteiger partial charge on any atom is -0.0649 e. The van der Waals surface area contributed by atoms with Gasteiger partial charge in [0.1, 0.15) is 0 Å². The van der Waals surface area contributed by atoms with Crippen LogP contribution >= 0.6 is 0 Å². The van der Waals surface area contributed by atoms with E-state index in [0.29, 0.717) is 21.7 Å². The molecule has 2 rings (SSSR count). The lowest BCUT2D eigenvalue weighted by Crippen LogP contribution is -2.34. The van der Waals surface area contributed by atoms with E-state index in [0.717, 1.165) is 11.8 Å². The summed E-state index contributed by atoms with van der Waals surface area (Å²) in [6.45, 7) is 24.1. The van der Waals surface area contributed by atoms with Gasteiger partial charge in [0, 0.05) is 0 Å². The fraction of sp³-hybridized carbons (Fsp3) is 1.00. The van der Waals surface area contributed by atoms with Crippen LogP contribution in [0.1, 0.15) is 121 Å². The molecule has 0 heteroatoms. The Morgan fingerprint density at radius 2 is 0.875 bits per heavy atom. The van der Waals surface area contributed by atoms with Gasteiger partial charge in [-0.1, -0.05) is 82.1 Å². The van der Waals surface area contributed by atoms with Crippen LogP contribution in [0.25, 0.3) is 0 Å². The van der Waals surface area contributed by atoms with Crippen molar-refractivity contribution in [3.8, 4) is 0 Å². The highest BCUT2D eigenvalue weighted by atomic mass is 14.4. The molecule has 0 amide bonds. The summed E-state index contributed by atoms with van der Waals surface area (Å²) < 4.78 is 0. The Bertz CT molecular complexity index is 353. The molecule has 0 aromatic heterocycles. The lowest BCUT2D eigenvalue weighted by Gasteiger charge is -2.45. The second-order valence-electron chi connectivity index (χ2n) is 12.0. The van der Waals surface area contributed by atoms with Gasteiger partial charge in [-0.15, -0.1) is 0 Å². The molecule has 144 valence electrons. The number of hydrogen-bond donors (Lipinski definition) is 0. The second kappa shape index (κ2) is 7.71. The molecule has 0 nitrogen and oxygen atoms in total. The van der Waals surface area contributed by atoms with E-state index in [4.69, 9.17) is 0 Å². The smallest absolute Gasteiger partial charge is 0.0321 e. The molecule has 2 fully saturated rings. The lowest BCUT2D eigenvalue weighted by atomic mass is 9.60. The number of rotatable bonds is 2. The van der Waals surface area contributed by atoms with Crippen molar-refractivity contribution in [2.45, 2.75) is 121 Å². The average Bonchev–Trinajstić information content (AvgIpc) is 2.33. The van der Waals surface area contributed by atoms with E-state index < -0.39 is 0 Å². The fourth-order valence-corrected chi connectivity index (χ4v) is 6.85. The van der Waals surface area contributed by atoms with Crippen molar-refractivity contribution in [1.29, 1.82) is 0 Å². The first-order valence-corrected chi connectivity index (χ1v) is 10.7. The largest absolute Gasteiger partial charge is 0.0649 e. The van der Waals surface area contributed by atoms with Crippen LogP contribution in [0.2, 0.25) is 0 Å². The molecule has 0 aromatic carbocycles. The van der Waals surface area contributed by atoms with Gasteiger partial charge in [-0.05, 0) is 72.0 Å². The third-order valence-electron chi connectivity index (χ3n) is 7.00. The molecule has 0 saturated heterocycles. The normalized spacial score (nSPS) is 41.2. The first-order chi connectivity index (χ1) is 10.7. The van der Waals surface area contributed by atoms with Crippen LogP contribution in [0.4, 0.5) is 0 Å². The van der Waals surface area contributed by atoms with Gasteiger partial charge >= 0.3 is 0 Å². The van der Waals surface area contributed by atoms with Crippen LogP contribution in [0.5, 0.6) is 0 Å². The van der Waals surface area contributed by atoms with Crippen molar-refractivity contribution < 1.29 is 0 Å². The van der Waals surface area contributed by atoms with E-state index in [9.17, 15) is 0 Å². The summed E-state index contributed by atoms with van der Waals surface area (Å²) in [6.07, 6.45) is 11.2. The quantitative estimate of drug-likeness (QED) is 0.474. The van der Waals surface area contributed by atoms with Gasteiger partial charge < -0.3 is 0 Å². The topological polar surface area (TPSA) is 0 Å². The Balaban J connectivity index is 0.000000240. The summed E-state index contributed by atoms with van der Waals surface area (Å²) in [5.74, 6) is 1.86. The van der Waals surface area contributed by atoms with Gasteiger partial charge in [0.15, 0.2) is 0 Å². The lowest BCUT2D eigenvalue weighted by molar-refractivity contribution is 0.0578. The highest BCUT2D eigenvalue weighted by Crippen LogP contribution is 2.50. The van der Waals surface area contributed by atoms with Crippen LogP contribution in [0, 0.1) is 33.5 Å². The molecule has 0 N–H and O–H groups in total.